The molecule has 31 heavy (non-hydrogen) atoms. The zero-order valence-corrected chi connectivity index (χ0v) is 18.1. The summed E-state index contributed by atoms with van der Waals surface area (Å²) in [5, 5.41) is 1.34. The normalized spacial score (nSPS) is 11.0. The Morgan fingerprint density at radius 2 is 1.71 bits per heavy atom. The molecule has 0 unspecified atom stereocenters. The lowest BCUT2D eigenvalue weighted by atomic mass is 10.1. The molecule has 2 aromatic carbocycles. The van der Waals surface area contributed by atoms with Gasteiger partial charge in [0.15, 0.2) is 0 Å². The fourth-order valence-electron chi connectivity index (χ4n) is 3.72. The van der Waals surface area contributed by atoms with Crippen LogP contribution in [0.25, 0.3) is 22.2 Å². The Hall–Kier alpha value is -3.51. The van der Waals surface area contributed by atoms with E-state index < -0.39 is 11.9 Å². The zero-order valence-electron chi connectivity index (χ0n) is 17.4. The van der Waals surface area contributed by atoms with Gasteiger partial charge in [-0.25, -0.2) is 14.3 Å². The second kappa shape index (κ2) is 8.32. The van der Waals surface area contributed by atoms with Crippen molar-refractivity contribution in [2.45, 2.75) is 13.8 Å². The zero-order chi connectivity index (χ0) is 22.1. The predicted molar refractivity (Wildman–Crippen MR) is 120 cm³/mol. The lowest BCUT2D eigenvalue weighted by Gasteiger charge is -2.18. The summed E-state index contributed by atoms with van der Waals surface area (Å²) in [6.45, 7) is 3.81. The highest BCUT2D eigenvalue weighted by Gasteiger charge is 2.25. The second-order valence-electron chi connectivity index (χ2n) is 6.96. The molecule has 0 aliphatic carbocycles. The summed E-state index contributed by atoms with van der Waals surface area (Å²) in [6, 6.07) is 18.5. The van der Waals surface area contributed by atoms with Gasteiger partial charge < -0.3 is 9.47 Å². The molecule has 4 rings (SSSR count). The first-order valence-corrected chi connectivity index (χ1v) is 10.2. The number of benzene rings is 2. The van der Waals surface area contributed by atoms with Gasteiger partial charge in [0.25, 0.3) is 0 Å². The number of nitrogens with zero attached hydrogens (tertiary/aromatic N) is 2. The van der Waals surface area contributed by atoms with Crippen LogP contribution >= 0.6 is 11.6 Å². The minimum absolute atomic E-state index is 0.241. The minimum Gasteiger partial charge on any atom is -0.465 e. The van der Waals surface area contributed by atoms with Crippen LogP contribution in [0.4, 0.5) is 0 Å². The van der Waals surface area contributed by atoms with E-state index in [-0.39, 0.29) is 6.61 Å². The lowest BCUT2D eigenvalue weighted by molar-refractivity contribution is 0.0512. The molecule has 0 bridgehead atoms. The van der Waals surface area contributed by atoms with E-state index in [0.717, 1.165) is 22.2 Å². The first kappa shape index (κ1) is 20.8. The number of rotatable bonds is 5. The average molecular weight is 437 g/mol. The molecule has 6 nitrogen and oxygen atoms in total. The Balaban J connectivity index is 2.10. The summed E-state index contributed by atoms with van der Waals surface area (Å²) in [5.41, 5.74) is 3.73. The molecule has 0 aliphatic heterocycles. The Morgan fingerprint density at radius 3 is 2.39 bits per heavy atom. The summed E-state index contributed by atoms with van der Waals surface area (Å²) in [7, 11) is 1.35. The van der Waals surface area contributed by atoms with Crippen LogP contribution < -0.4 is 0 Å². The Kier molecular flexibility index (Phi) is 5.57. The Morgan fingerprint density at radius 1 is 0.968 bits per heavy atom. The van der Waals surface area contributed by atoms with Gasteiger partial charge in [-0.1, -0.05) is 41.9 Å². The molecule has 0 atom stereocenters. The number of fused-ring (bicyclic) bond motifs is 1. The minimum atomic E-state index is -0.471. The number of aromatic nitrogens is 2. The van der Waals surface area contributed by atoms with Crippen molar-refractivity contribution in [2.24, 2.45) is 0 Å². The van der Waals surface area contributed by atoms with Crippen molar-refractivity contribution in [1.82, 2.24) is 9.35 Å². The van der Waals surface area contributed by atoms with Crippen molar-refractivity contribution in [2.75, 3.05) is 13.7 Å². The molecule has 0 spiro atoms. The fraction of sp³-hybridized carbons (Fsp3) is 0.167. The van der Waals surface area contributed by atoms with Gasteiger partial charge in [0.2, 0.25) is 0 Å². The van der Waals surface area contributed by atoms with E-state index in [1.54, 1.807) is 35.9 Å². The molecule has 0 fully saturated rings. The molecule has 0 N–H and O–H groups in total. The molecule has 0 amide bonds. The highest BCUT2D eigenvalue weighted by molar-refractivity contribution is 6.31. The molecule has 7 heteroatoms. The summed E-state index contributed by atoms with van der Waals surface area (Å²) in [4.78, 5) is 25.3. The second-order valence-corrected chi connectivity index (χ2v) is 7.40. The van der Waals surface area contributed by atoms with Crippen molar-refractivity contribution in [3.8, 4) is 11.3 Å². The monoisotopic (exact) mass is 436 g/mol. The van der Waals surface area contributed by atoms with E-state index in [1.807, 2.05) is 48.0 Å². The highest BCUT2D eigenvalue weighted by Crippen LogP contribution is 2.31. The quantitative estimate of drug-likeness (QED) is 0.396. The fourth-order valence-corrected chi connectivity index (χ4v) is 3.90. The van der Waals surface area contributed by atoms with Gasteiger partial charge >= 0.3 is 11.9 Å². The summed E-state index contributed by atoms with van der Waals surface area (Å²) in [5.74, 6) is -0.924. The number of hydrogen-bond acceptors (Lipinski definition) is 4. The van der Waals surface area contributed by atoms with Crippen molar-refractivity contribution in [3.05, 3.63) is 82.6 Å². The maximum absolute atomic E-state index is 12.9. The third-order valence-corrected chi connectivity index (χ3v) is 5.35. The molecule has 0 saturated carbocycles. The van der Waals surface area contributed by atoms with Crippen molar-refractivity contribution in [3.63, 3.8) is 0 Å². The lowest BCUT2D eigenvalue weighted by Crippen LogP contribution is -2.20. The van der Waals surface area contributed by atoms with E-state index >= 15 is 0 Å². The van der Waals surface area contributed by atoms with Crippen LogP contribution in [-0.2, 0) is 9.47 Å². The number of ether oxygens (including phenoxy) is 2. The molecular weight excluding hydrogens is 416 g/mol. The first-order valence-electron chi connectivity index (χ1n) is 9.81. The van der Waals surface area contributed by atoms with Crippen LogP contribution in [0, 0.1) is 6.92 Å². The predicted octanol–water partition coefficient (Wildman–Crippen LogP) is 5.35. The molecule has 2 heterocycles. The molecule has 158 valence electrons. The van der Waals surface area contributed by atoms with Crippen LogP contribution in [-0.4, -0.2) is 35.0 Å². The van der Waals surface area contributed by atoms with Gasteiger partial charge in [0.1, 0.15) is 5.69 Å². The molecule has 0 radical (unpaired) electrons. The maximum atomic E-state index is 12.9. The van der Waals surface area contributed by atoms with Gasteiger partial charge in [-0.05, 0) is 44.2 Å². The van der Waals surface area contributed by atoms with E-state index in [0.29, 0.717) is 22.0 Å². The van der Waals surface area contributed by atoms with Gasteiger partial charge in [-0.3, -0.25) is 4.68 Å². The van der Waals surface area contributed by atoms with Crippen molar-refractivity contribution < 1.29 is 19.1 Å². The smallest absolute Gasteiger partial charge is 0.356 e. The van der Waals surface area contributed by atoms with Crippen LogP contribution in [0.15, 0.2) is 60.7 Å². The van der Waals surface area contributed by atoms with Gasteiger partial charge in [-0.15, -0.1) is 0 Å². The number of halogens is 1. The standard InChI is InChI=1S/C24H21ClN2O4/c1-4-31-24(29)22-13-17-12-18(25)10-11-20(17)27(22)26-15(2)19(23(28)30-3)14-21(26)16-8-6-5-7-9-16/h5-14H,4H2,1-3H3. The average Bonchev–Trinajstić information content (AvgIpc) is 3.31. The van der Waals surface area contributed by atoms with Crippen LogP contribution in [0.5, 0.6) is 0 Å². The SMILES string of the molecule is CCOC(=O)c1cc2cc(Cl)ccc2n1-n1c(-c2ccccc2)cc(C(=O)OC)c1C. The largest absolute Gasteiger partial charge is 0.465 e. The van der Waals surface area contributed by atoms with Gasteiger partial charge in [-0.2, -0.15) is 0 Å². The Bertz CT molecular complexity index is 1290. The number of carbonyl (C=O) groups is 2. The molecule has 2 aromatic heterocycles. The van der Waals surface area contributed by atoms with E-state index in [9.17, 15) is 9.59 Å². The van der Waals surface area contributed by atoms with Gasteiger partial charge in [0, 0.05) is 16.0 Å². The molecular formula is C24H21ClN2O4. The van der Waals surface area contributed by atoms with Crippen molar-refractivity contribution >= 4 is 34.4 Å². The van der Waals surface area contributed by atoms with E-state index in [2.05, 4.69) is 0 Å². The van der Waals surface area contributed by atoms with E-state index in [4.69, 9.17) is 21.1 Å². The Labute approximate surface area is 184 Å². The molecule has 0 saturated heterocycles. The van der Waals surface area contributed by atoms with Crippen LogP contribution in [0.1, 0.15) is 33.5 Å². The van der Waals surface area contributed by atoms with Crippen molar-refractivity contribution in [1.29, 1.82) is 0 Å². The number of esters is 2. The first-order chi connectivity index (χ1) is 15.0. The topological polar surface area (TPSA) is 62.5 Å². The number of methoxy groups -OCH3 is 1. The van der Waals surface area contributed by atoms with Gasteiger partial charge in [0.05, 0.1) is 36.2 Å². The third kappa shape index (κ3) is 3.59. The maximum Gasteiger partial charge on any atom is 0.356 e. The number of hydrogen-bond donors (Lipinski definition) is 0. The summed E-state index contributed by atoms with van der Waals surface area (Å²) < 4.78 is 13.9. The summed E-state index contributed by atoms with van der Waals surface area (Å²) in [6.07, 6.45) is 0. The van der Waals surface area contributed by atoms with Crippen LogP contribution in [0.2, 0.25) is 5.02 Å². The van der Waals surface area contributed by atoms with E-state index in [1.165, 1.54) is 7.11 Å². The molecule has 0 aliphatic rings. The third-order valence-electron chi connectivity index (χ3n) is 5.11. The highest BCUT2D eigenvalue weighted by atomic mass is 35.5. The van der Waals surface area contributed by atoms with Crippen LogP contribution in [0.3, 0.4) is 0 Å². The number of carbonyl (C=O) groups excluding carboxylic acids is 2. The molecule has 4 aromatic rings. The summed E-state index contributed by atoms with van der Waals surface area (Å²) >= 11 is 6.20.